The molecular weight excluding hydrogens is 164 g/mol. The maximum absolute atomic E-state index is 11.1. The van der Waals surface area contributed by atoms with Crippen molar-refractivity contribution in [2.24, 2.45) is 0 Å². The molecule has 0 aromatic rings. The molecule has 0 aromatic heterocycles. The van der Waals surface area contributed by atoms with E-state index in [1.807, 2.05) is 0 Å². The third-order valence-corrected chi connectivity index (χ3v) is 1.76. The Morgan fingerprint density at radius 1 is 0.923 bits per heavy atom. The summed E-state index contributed by atoms with van der Waals surface area (Å²) in [4.78, 5) is 22.1. The van der Waals surface area contributed by atoms with E-state index in [2.05, 4.69) is 13.2 Å². The van der Waals surface area contributed by atoms with Crippen LogP contribution in [0.25, 0.3) is 0 Å². The zero-order valence-corrected chi connectivity index (χ0v) is 8.35. The number of hydrogen-bond donors (Lipinski definition) is 0. The van der Waals surface area contributed by atoms with Crippen molar-refractivity contribution in [3.63, 3.8) is 0 Å². The van der Waals surface area contributed by atoms with Crippen molar-refractivity contribution in [3.8, 4) is 0 Å². The van der Waals surface area contributed by atoms with Gasteiger partial charge in [0, 0.05) is 12.8 Å². The predicted octanol–water partition coefficient (Wildman–Crippen LogP) is 2.45. The lowest BCUT2D eigenvalue weighted by atomic mass is 10.0. The van der Waals surface area contributed by atoms with Gasteiger partial charge in [0.25, 0.3) is 0 Å². The van der Waals surface area contributed by atoms with Crippen molar-refractivity contribution >= 4 is 11.6 Å². The fourth-order valence-electron chi connectivity index (χ4n) is 0.836. The summed E-state index contributed by atoms with van der Waals surface area (Å²) in [6, 6.07) is 0. The van der Waals surface area contributed by atoms with E-state index in [0.29, 0.717) is 30.4 Å². The molecule has 13 heavy (non-hydrogen) atoms. The molecule has 0 aliphatic heterocycles. The van der Waals surface area contributed by atoms with Crippen molar-refractivity contribution in [2.45, 2.75) is 33.1 Å². The van der Waals surface area contributed by atoms with Crippen LogP contribution in [0, 0.1) is 0 Å². The lowest BCUT2D eigenvalue weighted by molar-refractivity contribution is -0.116. The van der Waals surface area contributed by atoms with E-state index in [-0.39, 0.29) is 11.6 Å². The highest BCUT2D eigenvalue weighted by molar-refractivity contribution is 5.96. The summed E-state index contributed by atoms with van der Waals surface area (Å²) in [5.74, 6) is 0.0732. The quantitative estimate of drug-likeness (QED) is 0.588. The van der Waals surface area contributed by atoms with E-state index in [0.717, 1.165) is 0 Å². The van der Waals surface area contributed by atoms with Crippen LogP contribution in [0.3, 0.4) is 0 Å². The third kappa shape index (κ3) is 5.12. The fraction of sp³-hybridized carbons (Fsp3) is 0.455. The molecule has 0 unspecified atom stereocenters. The Morgan fingerprint density at radius 3 is 1.46 bits per heavy atom. The van der Waals surface area contributed by atoms with Gasteiger partial charge in [-0.3, -0.25) is 9.59 Å². The third-order valence-electron chi connectivity index (χ3n) is 1.76. The molecule has 0 atom stereocenters. The van der Waals surface area contributed by atoms with Crippen LogP contribution in [0.4, 0.5) is 0 Å². The Kier molecular flexibility index (Phi) is 4.97. The highest BCUT2D eigenvalue weighted by atomic mass is 16.1. The van der Waals surface area contributed by atoms with Crippen molar-refractivity contribution in [1.29, 1.82) is 0 Å². The molecule has 0 saturated carbocycles. The van der Waals surface area contributed by atoms with Gasteiger partial charge >= 0.3 is 0 Å². The number of hydrogen-bond acceptors (Lipinski definition) is 2. The van der Waals surface area contributed by atoms with Gasteiger partial charge in [0.2, 0.25) is 0 Å². The van der Waals surface area contributed by atoms with Gasteiger partial charge in [0.1, 0.15) is 0 Å². The summed E-state index contributed by atoms with van der Waals surface area (Å²) >= 11 is 0. The van der Waals surface area contributed by atoms with Crippen LogP contribution < -0.4 is 0 Å². The van der Waals surface area contributed by atoms with Crippen molar-refractivity contribution in [1.82, 2.24) is 0 Å². The van der Waals surface area contributed by atoms with E-state index >= 15 is 0 Å². The lowest BCUT2D eigenvalue weighted by Gasteiger charge is -1.99. The molecule has 0 aliphatic rings. The molecule has 0 aliphatic carbocycles. The summed E-state index contributed by atoms with van der Waals surface area (Å²) in [6.07, 6.45) is 1.42. The van der Waals surface area contributed by atoms with Crippen molar-refractivity contribution in [3.05, 3.63) is 24.3 Å². The smallest absolute Gasteiger partial charge is 0.158 e. The van der Waals surface area contributed by atoms with Crippen LogP contribution in [0.5, 0.6) is 0 Å². The van der Waals surface area contributed by atoms with Gasteiger partial charge in [-0.25, -0.2) is 0 Å². The minimum absolute atomic E-state index is 0.0366. The van der Waals surface area contributed by atoms with Crippen LogP contribution in [0.1, 0.15) is 33.1 Å². The molecule has 2 nitrogen and oxygen atoms in total. The zero-order valence-electron chi connectivity index (χ0n) is 8.35. The molecule has 0 rings (SSSR count). The highest BCUT2D eigenvalue weighted by Gasteiger charge is 2.05. The van der Waals surface area contributed by atoms with Gasteiger partial charge in [-0.2, -0.15) is 0 Å². The molecular formula is C11H16O2. The Labute approximate surface area is 79.3 Å². The normalized spacial score (nSPS) is 9.38. The number of allylic oxidation sites excluding steroid dienone is 2. The number of ketones is 2. The van der Waals surface area contributed by atoms with Crippen LogP contribution in [-0.4, -0.2) is 11.6 Å². The van der Waals surface area contributed by atoms with E-state index in [1.165, 1.54) is 0 Å². The second-order valence-corrected chi connectivity index (χ2v) is 3.26. The minimum Gasteiger partial charge on any atom is -0.295 e. The largest absolute Gasteiger partial charge is 0.295 e. The number of carbonyl (C=O) groups is 2. The zero-order chi connectivity index (χ0) is 10.4. The van der Waals surface area contributed by atoms with Gasteiger partial charge in [-0.05, 0) is 31.4 Å². The molecule has 0 N–H and O–H groups in total. The van der Waals surface area contributed by atoms with Gasteiger partial charge in [-0.15, -0.1) is 0 Å². The summed E-state index contributed by atoms with van der Waals surface area (Å²) in [6.45, 7) is 10.4. The fourth-order valence-corrected chi connectivity index (χ4v) is 0.836. The van der Waals surface area contributed by atoms with Crippen molar-refractivity contribution < 1.29 is 9.59 Å². The first-order chi connectivity index (χ1) is 5.95. The molecule has 72 valence electrons. The van der Waals surface area contributed by atoms with Gasteiger partial charge in [-0.1, -0.05) is 13.2 Å². The van der Waals surface area contributed by atoms with Gasteiger partial charge in [0.05, 0.1) is 0 Å². The van der Waals surface area contributed by atoms with E-state index < -0.39 is 0 Å². The standard InChI is InChI=1S/C11H16O2/c1-8(2)10(12)6-5-7-11(13)9(3)4/h1,3,5-7H2,2,4H3. The second kappa shape index (κ2) is 5.46. The topological polar surface area (TPSA) is 34.1 Å². The molecule has 0 saturated heterocycles. The SMILES string of the molecule is C=C(C)C(=O)CCCC(=O)C(=C)C. The number of rotatable bonds is 6. The predicted molar refractivity (Wildman–Crippen MR) is 53.5 cm³/mol. The van der Waals surface area contributed by atoms with Crippen LogP contribution in [0.2, 0.25) is 0 Å². The molecule has 0 radical (unpaired) electrons. The maximum Gasteiger partial charge on any atom is 0.158 e. The van der Waals surface area contributed by atoms with Gasteiger partial charge in [0.15, 0.2) is 11.6 Å². The first kappa shape index (κ1) is 11.8. The van der Waals surface area contributed by atoms with Crippen LogP contribution in [0.15, 0.2) is 24.3 Å². The Morgan fingerprint density at radius 2 is 1.23 bits per heavy atom. The van der Waals surface area contributed by atoms with Crippen LogP contribution >= 0.6 is 0 Å². The summed E-state index contributed by atoms with van der Waals surface area (Å²) in [5.41, 5.74) is 1.12. The minimum atomic E-state index is 0.0366. The van der Waals surface area contributed by atoms with E-state index in [9.17, 15) is 9.59 Å². The molecule has 2 heteroatoms. The highest BCUT2D eigenvalue weighted by Crippen LogP contribution is 2.05. The molecule has 0 heterocycles. The number of Topliss-reactive ketones (excluding diaryl/α,β-unsaturated/α-hetero) is 2. The molecule has 0 bridgehead atoms. The maximum atomic E-state index is 11.1. The Hall–Kier alpha value is -1.18. The molecule has 0 fully saturated rings. The van der Waals surface area contributed by atoms with Crippen molar-refractivity contribution in [2.75, 3.05) is 0 Å². The summed E-state index contributed by atoms with van der Waals surface area (Å²) < 4.78 is 0. The second-order valence-electron chi connectivity index (χ2n) is 3.26. The molecule has 0 aromatic carbocycles. The Balaban J connectivity index is 3.69. The molecule has 0 spiro atoms. The average molecular weight is 180 g/mol. The first-order valence-electron chi connectivity index (χ1n) is 4.32. The van der Waals surface area contributed by atoms with Gasteiger partial charge < -0.3 is 0 Å². The van der Waals surface area contributed by atoms with Crippen LogP contribution in [-0.2, 0) is 9.59 Å². The van der Waals surface area contributed by atoms with E-state index in [1.54, 1.807) is 13.8 Å². The van der Waals surface area contributed by atoms with E-state index in [4.69, 9.17) is 0 Å². The lowest BCUT2D eigenvalue weighted by Crippen LogP contribution is -2.02. The summed E-state index contributed by atoms with van der Waals surface area (Å²) in [5, 5.41) is 0. The first-order valence-corrected chi connectivity index (χ1v) is 4.32. The molecule has 0 amide bonds. The average Bonchev–Trinajstić information content (AvgIpc) is 2.03. The summed E-state index contributed by atoms with van der Waals surface area (Å²) in [7, 11) is 0. The number of carbonyl (C=O) groups excluding carboxylic acids is 2. The monoisotopic (exact) mass is 180 g/mol. The Bertz CT molecular complexity index is 223.